The minimum absolute atomic E-state index is 0.0154. The van der Waals surface area contributed by atoms with Gasteiger partial charge < -0.3 is 10.2 Å². The van der Waals surface area contributed by atoms with Gasteiger partial charge in [0.2, 0.25) is 0 Å². The summed E-state index contributed by atoms with van der Waals surface area (Å²) in [5, 5.41) is 3.59. The van der Waals surface area contributed by atoms with Crippen LogP contribution in [0.25, 0.3) is 0 Å². The Hall–Kier alpha value is -0.930. The van der Waals surface area contributed by atoms with Gasteiger partial charge in [-0.25, -0.2) is 4.39 Å². The van der Waals surface area contributed by atoms with Crippen LogP contribution in [-0.4, -0.2) is 37.1 Å². The second-order valence-corrected chi connectivity index (χ2v) is 5.89. The lowest BCUT2D eigenvalue weighted by atomic mass is 9.88. The van der Waals surface area contributed by atoms with Crippen LogP contribution in [0.3, 0.4) is 0 Å². The Morgan fingerprint density at radius 1 is 1.32 bits per heavy atom. The predicted molar refractivity (Wildman–Crippen MR) is 80.0 cm³/mol. The third kappa shape index (κ3) is 4.59. The van der Waals surface area contributed by atoms with Gasteiger partial charge >= 0.3 is 0 Å². The number of rotatable bonds is 7. The highest BCUT2D eigenvalue weighted by Crippen LogP contribution is 2.20. The van der Waals surface area contributed by atoms with E-state index in [0.717, 1.165) is 24.9 Å². The van der Waals surface area contributed by atoms with Crippen molar-refractivity contribution in [2.24, 2.45) is 0 Å². The number of benzene rings is 1. The first kappa shape index (κ1) is 16.1. The standard InChI is InChI=1S/C16H27FN2/c1-6-10-18-15(16(2,3)19(4)5)12-13-8-7-9-14(17)11-13/h7-9,11,15,18H,6,10,12H2,1-5H3. The number of hydrogen-bond acceptors (Lipinski definition) is 2. The average Bonchev–Trinajstić information content (AvgIpc) is 2.34. The Bertz CT molecular complexity index is 388. The molecule has 0 heterocycles. The molecule has 0 radical (unpaired) electrons. The number of likely N-dealkylation sites (N-methyl/N-ethyl adjacent to an activating group) is 1. The van der Waals surface area contributed by atoms with Gasteiger partial charge in [0, 0.05) is 11.6 Å². The molecule has 0 aliphatic rings. The van der Waals surface area contributed by atoms with E-state index in [4.69, 9.17) is 0 Å². The Balaban J connectivity index is 2.85. The smallest absolute Gasteiger partial charge is 0.123 e. The van der Waals surface area contributed by atoms with Crippen LogP contribution in [0.15, 0.2) is 24.3 Å². The van der Waals surface area contributed by atoms with Crippen molar-refractivity contribution < 1.29 is 4.39 Å². The Morgan fingerprint density at radius 3 is 2.53 bits per heavy atom. The van der Waals surface area contributed by atoms with Crippen molar-refractivity contribution in [3.63, 3.8) is 0 Å². The summed E-state index contributed by atoms with van der Waals surface area (Å²) in [7, 11) is 4.18. The highest BCUT2D eigenvalue weighted by atomic mass is 19.1. The molecule has 1 unspecified atom stereocenters. The zero-order valence-electron chi connectivity index (χ0n) is 12.8. The van der Waals surface area contributed by atoms with Gasteiger partial charge in [0.25, 0.3) is 0 Å². The Labute approximate surface area is 117 Å². The second-order valence-electron chi connectivity index (χ2n) is 5.89. The summed E-state index contributed by atoms with van der Waals surface area (Å²) in [4.78, 5) is 2.22. The number of nitrogens with one attached hydrogen (secondary N) is 1. The first-order valence-corrected chi connectivity index (χ1v) is 7.03. The quantitative estimate of drug-likeness (QED) is 0.816. The minimum Gasteiger partial charge on any atom is -0.312 e. The van der Waals surface area contributed by atoms with Crippen LogP contribution in [0.5, 0.6) is 0 Å². The van der Waals surface area contributed by atoms with Crippen LogP contribution in [0, 0.1) is 5.82 Å². The minimum atomic E-state index is -0.158. The molecule has 1 N–H and O–H groups in total. The summed E-state index contributed by atoms with van der Waals surface area (Å²) in [5.41, 5.74) is 1.06. The van der Waals surface area contributed by atoms with Crippen LogP contribution in [0.4, 0.5) is 4.39 Å². The van der Waals surface area contributed by atoms with Gasteiger partial charge in [-0.1, -0.05) is 19.1 Å². The van der Waals surface area contributed by atoms with Crippen LogP contribution in [-0.2, 0) is 6.42 Å². The summed E-state index contributed by atoms with van der Waals surface area (Å²) < 4.78 is 13.3. The van der Waals surface area contributed by atoms with Crippen molar-refractivity contribution in [2.45, 2.75) is 45.2 Å². The van der Waals surface area contributed by atoms with E-state index in [1.807, 2.05) is 6.07 Å². The summed E-state index contributed by atoms with van der Waals surface area (Å²) in [6.45, 7) is 7.59. The molecule has 1 aromatic rings. The third-order valence-corrected chi connectivity index (χ3v) is 3.97. The first-order chi connectivity index (χ1) is 8.87. The third-order valence-electron chi connectivity index (χ3n) is 3.97. The molecule has 3 heteroatoms. The van der Waals surface area contributed by atoms with E-state index in [1.165, 1.54) is 6.07 Å². The molecule has 19 heavy (non-hydrogen) atoms. The van der Waals surface area contributed by atoms with Gasteiger partial charge in [0.15, 0.2) is 0 Å². The van der Waals surface area contributed by atoms with Gasteiger partial charge in [0.05, 0.1) is 0 Å². The molecule has 108 valence electrons. The largest absolute Gasteiger partial charge is 0.312 e. The molecule has 0 aliphatic carbocycles. The molecule has 0 aliphatic heterocycles. The zero-order valence-corrected chi connectivity index (χ0v) is 12.8. The molecule has 0 amide bonds. The normalized spacial score (nSPS) is 13.8. The molecule has 2 nitrogen and oxygen atoms in total. The topological polar surface area (TPSA) is 15.3 Å². The van der Waals surface area contributed by atoms with Crippen molar-refractivity contribution in [3.8, 4) is 0 Å². The molecule has 0 fully saturated rings. The van der Waals surface area contributed by atoms with Gasteiger partial charge in [-0.3, -0.25) is 0 Å². The van der Waals surface area contributed by atoms with Crippen LogP contribution in [0.2, 0.25) is 0 Å². The van der Waals surface area contributed by atoms with Crippen molar-refractivity contribution in [2.75, 3.05) is 20.6 Å². The number of hydrogen-bond donors (Lipinski definition) is 1. The fourth-order valence-corrected chi connectivity index (χ4v) is 2.10. The van der Waals surface area contributed by atoms with E-state index in [9.17, 15) is 4.39 Å². The molecule has 1 rings (SSSR count). The molecule has 0 bridgehead atoms. The zero-order chi connectivity index (χ0) is 14.5. The van der Waals surface area contributed by atoms with E-state index in [0.29, 0.717) is 6.04 Å². The van der Waals surface area contributed by atoms with Gasteiger partial charge in [-0.05, 0) is 65.0 Å². The SMILES string of the molecule is CCCNC(Cc1cccc(F)c1)C(C)(C)N(C)C. The van der Waals surface area contributed by atoms with E-state index < -0.39 is 0 Å². The van der Waals surface area contributed by atoms with Crippen LogP contribution < -0.4 is 5.32 Å². The molecule has 0 aromatic heterocycles. The molecule has 1 atom stereocenters. The highest BCUT2D eigenvalue weighted by molar-refractivity contribution is 5.18. The number of halogens is 1. The van der Waals surface area contributed by atoms with Gasteiger partial charge in [0.1, 0.15) is 5.82 Å². The van der Waals surface area contributed by atoms with Crippen molar-refractivity contribution in [1.82, 2.24) is 10.2 Å². The Morgan fingerprint density at radius 2 is 2.00 bits per heavy atom. The van der Waals surface area contributed by atoms with E-state index in [-0.39, 0.29) is 11.4 Å². The molecular formula is C16H27FN2. The van der Waals surface area contributed by atoms with Crippen molar-refractivity contribution in [1.29, 1.82) is 0 Å². The molecular weight excluding hydrogens is 239 g/mol. The monoisotopic (exact) mass is 266 g/mol. The summed E-state index contributed by atoms with van der Waals surface area (Å²) >= 11 is 0. The van der Waals surface area contributed by atoms with Crippen LogP contribution >= 0.6 is 0 Å². The highest BCUT2D eigenvalue weighted by Gasteiger charge is 2.31. The van der Waals surface area contributed by atoms with Gasteiger partial charge in [-0.2, -0.15) is 0 Å². The lowest BCUT2D eigenvalue weighted by Crippen LogP contribution is -2.56. The van der Waals surface area contributed by atoms with Crippen molar-refractivity contribution >= 4 is 0 Å². The first-order valence-electron chi connectivity index (χ1n) is 7.03. The number of nitrogens with zero attached hydrogens (tertiary/aromatic N) is 1. The molecule has 0 spiro atoms. The summed E-state index contributed by atoms with van der Waals surface area (Å²) in [6, 6.07) is 7.20. The molecule has 0 saturated carbocycles. The second kappa shape index (κ2) is 7.01. The Kier molecular flexibility index (Phi) is 5.95. The predicted octanol–water partition coefficient (Wildman–Crippen LogP) is 3.08. The lowest BCUT2D eigenvalue weighted by Gasteiger charge is -2.41. The fraction of sp³-hybridized carbons (Fsp3) is 0.625. The summed E-state index contributed by atoms with van der Waals surface area (Å²) in [6.07, 6.45) is 1.94. The van der Waals surface area contributed by atoms with E-state index in [2.05, 4.69) is 45.1 Å². The molecule has 0 saturated heterocycles. The van der Waals surface area contributed by atoms with E-state index in [1.54, 1.807) is 12.1 Å². The van der Waals surface area contributed by atoms with Gasteiger partial charge in [-0.15, -0.1) is 0 Å². The maximum Gasteiger partial charge on any atom is 0.123 e. The maximum absolute atomic E-state index is 13.3. The molecule has 1 aromatic carbocycles. The van der Waals surface area contributed by atoms with E-state index >= 15 is 0 Å². The van der Waals surface area contributed by atoms with Crippen LogP contribution in [0.1, 0.15) is 32.8 Å². The average molecular weight is 266 g/mol. The maximum atomic E-state index is 13.3. The lowest BCUT2D eigenvalue weighted by molar-refractivity contribution is 0.137. The van der Waals surface area contributed by atoms with Crippen molar-refractivity contribution in [3.05, 3.63) is 35.6 Å². The fourth-order valence-electron chi connectivity index (χ4n) is 2.10. The summed E-state index contributed by atoms with van der Waals surface area (Å²) in [5.74, 6) is -0.158.